The van der Waals surface area contributed by atoms with Crippen LogP contribution in [-0.2, 0) is 16.6 Å². The second-order valence-electron chi connectivity index (χ2n) is 5.46. The Morgan fingerprint density at radius 1 is 1.19 bits per heavy atom. The Bertz CT molecular complexity index is 1040. The van der Waals surface area contributed by atoms with Crippen molar-refractivity contribution >= 4 is 15.7 Å². The SMILES string of the molecule is COc1cccc(Cn2cc(NS(=O)(=O)c3cc(F)ccc3F)cn2)c1. The summed E-state index contributed by atoms with van der Waals surface area (Å²) in [7, 11) is -2.71. The van der Waals surface area contributed by atoms with E-state index in [2.05, 4.69) is 9.82 Å². The Hall–Kier alpha value is -2.94. The number of methoxy groups -OCH3 is 1. The first-order valence-corrected chi connectivity index (χ1v) is 8.99. The van der Waals surface area contributed by atoms with Gasteiger partial charge >= 0.3 is 0 Å². The molecule has 26 heavy (non-hydrogen) atoms. The fourth-order valence-corrected chi connectivity index (χ4v) is 3.47. The molecule has 3 rings (SSSR count). The normalized spacial score (nSPS) is 11.3. The van der Waals surface area contributed by atoms with Crippen molar-refractivity contribution in [2.45, 2.75) is 11.4 Å². The van der Waals surface area contributed by atoms with Gasteiger partial charge < -0.3 is 4.74 Å². The van der Waals surface area contributed by atoms with E-state index in [1.54, 1.807) is 13.2 Å². The fraction of sp³-hybridized carbons (Fsp3) is 0.118. The summed E-state index contributed by atoms with van der Waals surface area (Å²) in [5.74, 6) is -1.19. The van der Waals surface area contributed by atoms with Crippen LogP contribution in [0.1, 0.15) is 5.56 Å². The van der Waals surface area contributed by atoms with Crippen LogP contribution in [0.5, 0.6) is 5.75 Å². The highest BCUT2D eigenvalue weighted by molar-refractivity contribution is 7.92. The minimum atomic E-state index is -4.28. The third-order valence-electron chi connectivity index (χ3n) is 3.55. The van der Waals surface area contributed by atoms with Gasteiger partial charge in [0.15, 0.2) is 0 Å². The quantitative estimate of drug-likeness (QED) is 0.715. The number of rotatable bonds is 6. The van der Waals surface area contributed by atoms with E-state index >= 15 is 0 Å². The molecule has 3 aromatic rings. The lowest BCUT2D eigenvalue weighted by Gasteiger charge is -2.07. The first-order valence-electron chi connectivity index (χ1n) is 7.50. The van der Waals surface area contributed by atoms with E-state index in [0.29, 0.717) is 18.4 Å². The molecule has 0 unspecified atom stereocenters. The average Bonchev–Trinajstić information content (AvgIpc) is 3.03. The number of sulfonamides is 1. The molecule has 9 heteroatoms. The maximum Gasteiger partial charge on any atom is 0.265 e. The lowest BCUT2D eigenvalue weighted by molar-refractivity contribution is 0.414. The zero-order chi connectivity index (χ0) is 18.7. The molecular formula is C17H15F2N3O3S. The summed E-state index contributed by atoms with van der Waals surface area (Å²) < 4.78 is 60.3. The van der Waals surface area contributed by atoms with E-state index in [0.717, 1.165) is 17.7 Å². The van der Waals surface area contributed by atoms with Gasteiger partial charge in [-0.25, -0.2) is 17.2 Å². The van der Waals surface area contributed by atoms with Gasteiger partial charge in [-0.05, 0) is 35.9 Å². The van der Waals surface area contributed by atoms with Gasteiger partial charge in [-0.15, -0.1) is 0 Å². The maximum absolute atomic E-state index is 13.7. The fourth-order valence-electron chi connectivity index (χ4n) is 2.35. The van der Waals surface area contributed by atoms with Crippen molar-refractivity contribution in [1.82, 2.24) is 9.78 Å². The predicted octanol–water partition coefficient (Wildman–Crippen LogP) is 3.02. The molecule has 1 aromatic heterocycles. The number of hydrogen-bond donors (Lipinski definition) is 1. The first kappa shape index (κ1) is 17.9. The number of ether oxygens (including phenoxy) is 1. The molecule has 0 aliphatic rings. The Morgan fingerprint density at radius 2 is 2.00 bits per heavy atom. The van der Waals surface area contributed by atoms with Gasteiger partial charge in [0.25, 0.3) is 10.0 Å². The molecule has 0 saturated heterocycles. The third kappa shape index (κ3) is 3.99. The minimum absolute atomic E-state index is 0.136. The molecule has 0 aliphatic carbocycles. The summed E-state index contributed by atoms with van der Waals surface area (Å²) in [5, 5.41) is 4.07. The number of nitrogens with one attached hydrogen (secondary N) is 1. The molecule has 0 saturated carbocycles. The van der Waals surface area contributed by atoms with E-state index in [1.807, 2.05) is 18.2 Å². The summed E-state index contributed by atoms with van der Waals surface area (Å²) in [5.41, 5.74) is 1.04. The highest BCUT2D eigenvalue weighted by Crippen LogP contribution is 2.20. The zero-order valence-electron chi connectivity index (χ0n) is 13.7. The van der Waals surface area contributed by atoms with Gasteiger partial charge in [-0.2, -0.15) is 5.10 Å². The van der Waals surface area contributed by atoms with Crippen molar-refractivity contribution in [1.29, 1.82) is 0 Å². The molecule has 0 amide bonds. The summed E-state index contributed by atoms with van der Waals surface area (Å²) in [6, 6.07) is 9.56. The summed E-state index contributed by atoms with van der Waals surface area (Å²) in [6.45, 7) is 0.382. The molecular weight excluding hydrogens is 364 g/mol. The van der Waals surface area contributed by atoms with Crippen molar-refractivity contribution in [2.24, 2.45) is 0 Å². The van der Waals surface area contributed by atoms with E-state index in [1.165, 1.54) is 17.1 Å². The van der Waals surface area contributed by atoms with Crippen LogP contribution in [0.3, 0.4) is 0 Å². The van der Waals surface area contributed by atoms with Crippen molar-refractivity contribution in [3.05, 3.63) is 72.1 Å². The standard InChI is InChI=1S/C17H15F2N3O3S/c1-25-15-4-2-3-12(7-15)10-22-11-14(9-20-22)21-26(23,24)17-8-13(18)5-6-16(17)19/h2-9,11,21H,10H2,1H3. The van der Waals surface area contributed by atoms with E-state index in [4.69, 9.17) is 4.74 Å². The number of benzene rings is 2. The Balaban J connectivity index is 1.78. The summed E-state index contributed by atoms with van der Waals surface area (Å²) >= 11 is 0. The van der Waals surface area contributed by atoms with Crippen LogP contribution in [0, 0.1) is 11.6 Å². The van der Waals surface area contributed by atoms with Crippen molar-refractivity contribution in [3.63, 3.8) is 0 Å². The van der Waals surface area contributed by atoms with Gasteiger partial charge in [0.05, 0.1) is 25.5 Å². The van der Waals surface area contributed by atoms with E-state index in [-0.39, 0.29) is 5.69 Å². The predicted molar refractivity (Wildman–Crippen MR) is 91.5 cm³/mol. The van der Waals surface area contributed by atoms with Gasteiger partial charge in [0.1, 0.15) is 22.3 Å². The molecule has 0 atom stereocenters. The third-order valence-corrected chi connectivity index (χ3v) is 4.94. The summed E-state index contributed by atoms with van der Waals surface area (Å²) in [4.78, 5) is -0.766. The number of anilines is 1. The minimum Gasteiger partial charge on any atom is -0.497 e. The lowest BCUT2D eigenvalue weighted by atomic mass is 10.2. The summed E-state index contributed by atoms with van der Waals surface area (Å²) in [6.07, 6.45) is 2.74. The van der Waals surface area contributed by atoms with Crippen molar-refractivity contribution in [2.75, 3.05) is 11.8 Å². The topological polar surface area (TPSA) is 73.2 Å². The van der Waals surface area contributed by atoms with Crippen LogP contribution in [0.4, 0.5) is 14.5 Å². The Labute approximate surface area is 149 Å². The molecule has 0 aliphatic heterocycles. The largest absolute Gasteiger partial charge is 0.497 e. The van der Waals surface area contributed by atoms with E-state index in [9.17, 15) is 17.2 Å². The van der Waals surface area contributed by atoms with Crippen molar-refractivity contribution in [3.8, 4) is 5.75 Å². The second kappa shape index (κ2) is 7.12. The first-order chi connectivity index (χ1) is 12.4. The van der Waals surface area contributed by atoms with E-state index < -0.39 is 26.6 Å². The molecule has 0 spiro atoms. The van der Waals surface area contributed by atoms with Gasteiger partial charge in [0.2, 0.25) is 0 Å². The van der Waals surface area contributed by atoms with Gasteiger partial charge in [0, 0.05) is 6.20 Å². The zero-order valence-corrected chi connectivity index (χ0v) is 14.5. The highest BCUT2D eigenvalue weighted by atomic mass is 32.2. The molecule has 0 fully saturated rings. The monoisotopic (exact) mass is 379 g/mol. The van der Waals surface area contributed by atoms with Crippen LogP contribution in [-0.4, -0.2) is 25.3 Å². The van der Waals surface area contributed by atoms with Crippen LogP contribution >= 0.6 is 0 Å². The molecule has 136 valence electrons. The molecule has 1 heterocycles. The molecule has 6 nitrogen and oxygen atoms in total. The molecule has 1 N–H and O–H groups in total. The smallest absolute Gasteiger partial charge is 0.265 e. The van der Waals surface area contributed by atoms with Crippen LogP contribution in [0.15, 0.2) is 59.8 Å². The van der Waals surface area contributed by atoms with Crippen LogP contribution in [0.25, 0.3) is 0 Å². The number of hydrogen-bond acceptors (Lipinski definition) is 4. The number of nitrogens with zero attached hydrogens (tertiary/aromatic N) is 2. The van der Waals surface area contributed by atoms with Crippen LogP contribution < -0.4 is 9.46 Å². The molecule has 2 aromatic carbocycles. The molecule has 0 bridgehead atoms. The highest BCUT2D eigenvalue weighted by Gasteiger charge is 2.20. The van der Waals surface area contributed by atoms with Crippen molar-refractivity contribution < 1.29 is 21.9 Å². The van der Waals surface area contributed by atoms with Gasteiger partial charge in [-0.1, -0.05) is 12.1 Å². The van der Waals surface area contributed by atoms with Crippen LogP contribution in [0.2, 0.25) is 0 Å². The second-order valence-corrected chi connectivity index (χ2v) is 7.11. The Kier molecular flexibility index (Phi) is 4.90. The van der Waals surface area contributed by atoms with Gasteiger partial charge in [-0.3, -0.25) is 9.40 Å². The average molecular weight is 379 g/mol. The number of halogens is 2. The lowest BCUT2D eigenvalue weighted by Crippen LogP contribution is -2.14. The number of aromatic nitrogens is 2. The molecule has 0 radical (unpaired) electrons. The Morgan fingerprint density at radius 3 is 2.77 bits per heavy atom. The maximum atomic E-state index is 13.7.